The van der Waals surface area contributed by atoms with Crippen LogP contribution in [0, 0.1) is 0 Å². The molecule has 0 spiro atoms. The molecule has 0 saturated carbocycles. The van der Waals surface area contributed by atoms with Crippen LogP contribution in [0.3, 0.4) is 0 Å². The van der Waals surface area contributed by atoms with Gasteiger partial charge in [-0.05, 0) is 48.0 Å². The van der Waals surface area contributed by atoms with E-state index >= 15 is 0 Å². The summed E-state index contributed by atoms with van der Waals surface area (Å²) in [6.45, 7) is 3.60. The van der Waals surface area contributed by atoms with Crippen molar-refractivity contribution >= 4 is 56.6 Å². The van der Waals surface area contributed by atoms with E-state index in [-0.39, 0.29) is 28.7 Å². The average Bonchev–Trinajstić information content (AvgIpc) is 2.79. The molecule has 1 aliphatic heterocycles. The number of ether oxygens (including phenoxy) is 1. The topological polar surface area (TPSA) is 92.7 Å². The first-order chi connectivity index (χ1) is 13.4. The summed E-state index contributed by atoms with van der Waals surface area (Å²) in [5.74, 6) is -1.08. The number of hydrogen-bond acceptors (Lipinski definition) is 6. The van der Waals surface area contributed by atoms with E-state index < -0.39 is 11.9 Å². The lowest BCUT2D eigenvalue weighted by atomic mass is 10.1. The Morgan fingerprint density at radius 1 is 1.32 bits per heavy atom. The number of fused-ring (bicyclic) bond motifs is 1. The fraction of sp³-hybridized carbons (Fsp3) is 0.158. The Hall–Kier alpha value is -2.71. The molecule has 0 radical (unpaired) electrons. The van der Waals surface area contributed by atoms with Crippen LogP contribution in [-0.2, 0) is 9.53 Å². The normalized spacial score (nSPS) is 13.1. The third-order valence-electron chi connectivity index (χ3n) is 3.83. The predicted octanol–water partition coefficient (Wildman–Crippen LogP) is 4.22. The van der Waals surface area contributed by atoms with E-state index in [1.165, 1.54) is 12.3 Å². The molecule has 0 fully saturated rings. The Labute approximate surface area is 175 Å². The van der Waals surface area contributed by atoms with Crippen LogP contribution < -0.4 is 10.6 Å². The first kappa shape index (κ1) is 20.0. The first-order valence-corrected chi connectivity index (χ1v) is 9.53. The van der Waals surface area contributed by atoms with Crippen molar-refractivity contribution in [2.75, 3.05) is 11.9 Å². The second-order valence-corrected chi connectivity index (χ2v) is 7.04. The summed E-state index contributed by atoms with van der Waals surface area (Å²) in [5, 5.41) is 5.85. The number of benzene rings is 1. The van der Waals surface area contributed by atoms with Gasteiger partial charge in [-0.25, -0.2) is 14.8 Å². The summed E-state index contributed by atoms with van der Waals surface area (Å²) in [6.07, 6.45) is 1.48. The van der Waals surface area contributed by atoms with Crippen molar-refractivity contribution in [1.82, 2.24) is 10.3 Å². The number of rotatable bonds is 3. The molecule has 7 nitrogen and oxygen atoms in total. The molecular weight excluding hydrogens is 448 g/mol. The summed E-state index contributed by atoms with van der Waals surface area (Å²) in [5.41, 5.74) is 2.04. The highest BCUT2D eigenvalue weighted by Crippen LogP contribution is 2.30. The number of para-hydroxylation sites is 2. The van der Waals surface area contributed by atoms with Gasteiger partial charge in [0.1, 0.15) is 16.6 Å². The van der Waals surface area contributed by atoms with Crippen LogP contribution in [0.5, 0.6) is 0 Å². The van der Waals surface area contributed by atoms with Crippen molar-refractivity contribution in [3.63, 3.8) is 0 Å². The van der Waals surface area contributed by atoms with E-state index in [9.17, 15) is 9.59 Å². The maximum absolute atomic E-state index is 12.8. The van der Waals surface area contributed by atoms with Crippen molar-refractivity contribution in [3.8, 4) is 0 Å². The third-order valence-corrected chi connectivity index (χ3v) is 4.57. The fourth-order valence-corrected chi connectivity index (χ4v) is 3.12. The maximum Gasteiger partial charge on any atom is 0.343 e. The van der Waals surface area contributed by atoms with Crippen LogP contribution in [-0.4, -0.2) is 29.3 Å². The van der Waals surface area contributed by atoms with Crippen molar-refractivity contribution in [2.45, 2.75) is 13.8 Å². The molecule has 0 saturated heterocycles. The van der Waals surface area contributed by atoms with E-state index in [0.29, 0.717) is 21.5 Å². The minimum Gasteiger partial charge on any atom is -0.462 e. The molecule has 0 aliphatic carbocycles. The van der Waals surface area contributed by atoms with Gasteiger partial charge in [0, 0.05) is 16.4 Å². The number of aromatic nitrogens is 1. The largest absolute Gasteiger partial charge is 0.462 e. The second-order valence-electron chi connectivity index (χ2n) is 5.77. The van der Waals surface area contributed by atoms with Crippen molar-refractivity contribution in [2.24, 2.45) is 4.99 Å². The van der Waals surface area contributed by atoms with Crippen LogP contribution in [0.1, 0.15) is 24.2 Å². The molecule has 1 amide bonds. The van der Waals surface area contributed by atoms with Crippen LogP contribution in [0.2, 0.25) is 5.15 Å². The Morgan fingerprint density at radius 2 is 2.07 bits per heavy atom. The number of aliphatic imine (C=N–C) groups is 1. The van der Waals surface area contributed by atoms with Crippen molar-refractivity contribution in [3.05, 3.63) is 63.0 Å². The number of carbonyl (C=O) groups is 2. The highest BCUT2D eigenvalue weighted by molar-refractivity contribution is 9.10. The molecule has 0 unspecified atom stereocenters. The van der Waals surface area contributed by atoms with Crippen LogP contribution >= 0.6 is 27.5 Å². The molecule has 1 aromatic heterocycles. The number of anilines is 1. The smallest absolute Gasteiger partial charge is 0.343 e. The zero-order valence-corrected chi connectivity index (χ0v) is 17.4. The van der Waals surface area contributed by atoms with Gasteiger partial charge >= 0.3 is 5.97 Å². The second kappa shape index (κ2) is 8.53. The highest BCUT2D eigenvalue weighted by atomic mass is 79.9. The van der Waals surface area contributed by atoms with Crippen molar-refractivity contribution < 1.29 is 14.3 Å². The molecule has 2 N–H and O–H groups in total. The molecular formula is C19H16BrClN4O3. The van der Waals surface area contributed by atoms with Gasteiger partial charge in [-0.2, -0.15) is 0 Å². The lowest BCUT2D eigenvalue weighted by Gasteiger charge is -2.13. The minimum absolute atomic E-state index is 0.0341. The van der Waals surface area contributed by atoms with E-state index in [0.717, 1.165) is 0 Å². The number of amidine groups is 1. The lowest BCUT2D eigenvalue weighted by molar-refractivity contribution is -0.137. The monoisotopic (exact) mass is 462 g/mol. The number of allylic oxidation sites excluding steroid dienone is 1. The van der Waals surface area contributed by atoms with E-state index in [4.69, 9.17) is 16.3 Å². The summed E-state index contributed by atoms with van der Waals surface area (Å²) in [7, 11) is 0. The Balaban J connectivity index is 2.06. The minimum atomic E-state index is -0.599. The molecule has 1 aliphatic rings. The van der Waals surface area contributed by atoms with Crippen LogP contribution in [0.25, 0.3) is 0 Å². The highest BCUT2D eigenvalue weighted by Gasteiger charge is 2.27. The summed E-state index contributed by atoms with van der Waals surface area (Å²) in [6, 6.07) is 8.78. The van der Waals surface area contributed by atoms with Gasteiger partial charge in [0.25, 0.3) is 5.91 Å². The number of carbonyl (C=O) groups excluding carboxylic acids is 2. The van der Waals surface area contributed by atoms with Crippen molar-refractivity contribution in [1.29, 1.82) is 0 Å². The van der Waals surface area contributed by atoms with E-state index in [2.05, 4.69) is 36.5 Å². The maximum atomic E-state index is 12.8. The zero-order chi connectivity index (χ0) is 20.3. The Kier molecular flexibility index (Phi) is 6.11. The van der Waals surface area contributed by atoms with Crippen LogP contribution in [0.15, 0.2) is 57.3 Å². The molecule has 9 heteroatoms. The summed E-state index contributed by atoms with van der Waals surface area (Å²) >= 11 is 9.31. The van der Waals surface area contributed by atoms with E-state index in [1.54, 1.807) is 19.9 Å². The number of hydrogen-bond donors (Lipinski definition) is 2. The number of nitrogens with zero attached hydrogens (tertiary/aromatic N) is 2. The number of amides is 1. The average molecular weight is 464 g/mol. The van der Waals surface area contributed by atoms with Gasteiger partial charge < -0.3 is 15.4 Å². The molecule has 144 valence electrons. The summed E-state index contributed by atoms with van der Waals surface area (Å²) < 4.78 is 5.74. The molecule has 1 aromatic carbocycles. The van der Waals surface area contributed by atoms with Gasteiger partial charge in [0.2, 0.25) is 0 Å². The van der Waals surface area contributed by atoms with Gasteiger partial charge in [-0.3, -0.25) is 4.79 Å². The van der Waals surface area contributed by atoms with E-state index in [1.807, 2.05) is 18.2 Å². The number of halogens is 2. The fourth-order valence-electron chi connectivity index (χ4n) is 2.60. The molecule has 2 heterocycles. The zero-order valence-electron chi connectivity index (χ0n) is 15.0. The van der Waals surface area contributed by atoms with Gasteiger partial charge in [0.15, 0.2) is 0 Å². The third kappa shape index (κ3) is 4.23. The molecule has 0 bridgehead atoms. The summed E-state index contributed by atoms with van der Waals surface area (Å²) in [4.78, 5) is 33.8. The molecule has 28 heavy (non-hydrogen) atoms. The molecule has 2 aromatic rings. The molecule has 3 rings (SSSR count). The predicted molar refractivity (Wildman–Crippen MR) is 111 cm³/mol. The van der Waals surface area contributed by atoms with Gasteiger partial charge in [0.05, 0.1) is 23.5 Å². The quantitative estimate of drug-likeness (QED) is 0.525. The SMILES string of the molecule is CCOC(=O)C1=C(C)Nc2ccccc2N=C1NC(=O)c1cc(Br)cnc1Cl. The number of nitrogens with one attached hydrogen (secondary N) is 2. The first-order valence-electron chi connectivity index (χ1n) is 8.36. The Bertz CT molecular complexity index is 1020. The Morgan fingerprint density at radius 3 is 2.82 bits per heavy atom. The van der Waals surface area contributed by atoms with Gasteiger partial charge in [-0.1, -0.05) is 23.7 Å². The van der Waals surface area contributed by atoms with Gasteiger partial charge in [-0.15, -0.1) is 0 Å². The van der Waals surface area contributed by atoms with Crippen LogP contribution in [0.4, 0.5) is 11.4 Å². The lowest BCUT2D eigenvalue weighted by Crippen LogP contribution is -2.35. The number of esters is 1. The standard InChI is InChI=1S/C19H16BrClN4O3/c1-3-28-19(27)15-10(2)23-13-6-4-5-7-14(13)24-17(15)25-18(26)12-8-11(20)9-22-16(12)21/h4-9,23H,3H2,1-2H3,(H,24,25,26). The molecule has 0 atom stereocenters. The number of pyridine rings is 1.